The van der Waals surface area contributed by atoms with E-state index in [-0.39, 0.29) is 17.9 Å². The molecule has 2 aromatic rings. The Labute approximate surface area is 248 Å². The highest BCUT2D eigenvalue weighted by atomic mass is 32.2. The maximum absolute atomic E-state index is 13.6. The van der Waals surface area contributed by atoms with Crippen LogP contribution in [-0.4, -0.2) is 39.2 Å². The number of rotatable bonds is 11. The fourth-order valence-corrected chi connectivity index (χ4v) is 10.8. The van der Waals surface area contributed by atoms with E-state index in [1.807, 2.05) is 18.2 Å². The summed E-state index contributed by atoms with van der Waals surface area (Å²) in [4.78, 5) is 43.3. The molecule has 2 unspecified atom stereocenters. The predicted molar refractivity (Wildman–Crippen MR) is 164 cm³/mol. The quantitative estimate of drug-likeness (QED) is 0.191. The van der Waals surface area contributed by atoms with Crippen LogP contribution in [0.15, 0.2) is 27.9 Å². The van der Waals surface area contributed by atoms with Crippen LogP contribution in [0, 0.1) is 23.7 Å². The zero-order chi connectivity index (χ0) is 28.8. The largest absolute Gasteiger partial charge is 0.311 e. The van der Waals surface area contributed by atoms with Gasteiger partial charge in [0.15, 0.2) is 0 Å². The van der Waals surface area contributed by atoms with Gasteiger partial charge in [-0.2, -0.15) is 0 Å². The number of amides is 2. The Hall–Kier alpha value is -2.19. The lowest BCUT2D eigenvalue weighted by Gasteiger charge is -2.65. The minimum absolute atomic E-state index is 0.195. The molecule has 1 aromatic heterocycles. The van der Waals surface area contributed by atoms with Crippen molar-refractivity contribution in [2.24, 2.45) is 16.7 Å². The number of nitrogens with zero attached hydrogens (tertiary/aromatic N) is 2. The van der Waals surface area contributed by atoms with Gasteiger partial charge in [0.2, 0.25) is 11.8 Å². The van der Waals surface area contributed by atoms with E-state index in [9.17, 15) is 14.4 Å². The molecule has 4 bridgehead atoms. The first kappa shape index (κ1) is 28.9. The van der Waals surface area contributed by atoms with Gasteiger partial charge in [0.1, 0.15) is 11.9 Å². The SMILES string of the molecule is Cc1nc2cccc(SCCCCCCCNC34CC5C[C@@](C)(C3)C[C@](C)(C5)C4)c2c(=O)n1[C@H]1CCC(=O)NC1=O. The molecular weight excluding hydrogens is 532 g/mol. The summed E-state index contributed by atoms with van der Waals surface area (Å²) in [6.45, 7) is 8.00. The van der Waals surface area contributed by atoms with Gasteiger partial charge in [-0.1, -0.05) is 39.2 Å². The fourth-order valence-electron chi connectivity index (χ4n) is 9.68. The second-order valence-corrected chi connectivity index (χ2v) is 15.5. The number of carbonyl (C=O) groups is 2. The van der Waals surface area contributed by atoms with Gasteiger partial charge < -0.3 is 5.32 Å². The lowest BCUT2D eigenvalue weighted by atomic mass is 9.43. The summed E-state index contributed by atoms with van der Waals surface area (Å²) in [6, 6.07) is 5.10. The van der Waals surface area contributed by atoms with Crippen LogP contribution >= 0.6 is 11.8 Å². The molecule has 0 radical (unpaired) electrons. The number of thioether (sulfide) groups is 1. The van der Waals surface area contributed by atoms with Crippen LogP contribution in [0.5, 0.6) is 0 Å². The van der Waals surface area contributed by atoms with E-state index in [0.29, 0.717) is 39.5 Å². The van der Waals surface area contributed by atoms with E-state index in [0.717, 1.165) is 29.5 Å². The Bertz CT molecular complexity index is 1380. The molecular formula is C33H46N4O3S. The number of hydrogen-bond donors (Lipinski definition) is 2. The van der Waals surface area contributed by atoms with E-state index in [1.54, 1.807) is 18.7 Å². The Balaban J connectivity index is 0.974. The molecule has 2 heterocycles. The van der Waals surface area contributed by atoms with Crippen molar-refractivity contribution < 1.29 is 9.59 Å². The predicted octanol–water partition coefficient (Wildman–Crippen LogP) is 6.06. The molecule has 0 spiro atoms. The average molecular weight is 579 g/mol. The molecule has 222 valence electrons. The molecule has 41 heavy (non-hydrogen) atoms. The minimum atomic E-state index is -0.696. The van der Waals surface area contributed by atoms with Crippen molar-refractivity contribution in [1.29, 1.82) is 0 Å². The number of benzene rings is 1. The molecule has 5 fully saturated rings. The summed E-state index contributed by atoms with van der Waals surface area (Å²) in [5, 5.41) is 7.02. The molecule has 4 aliphatic carbocycles. The normalized spacial score (nSPS) is 32.6. The number of unbranched alkanes of at least 4 members (excludes halogenated alkanes) is 4. The third-order valence-corrected chi connectivity index (χ3v) is 11.4. The van der Waals surface area contributed by atoms with Crippen molar-refractivity contribution >= 4 is 34.5 Å². The maximum Gasteiger partial charge on any atom is 0.263 e. The highest BCUT2D eigenvalue weighted by Gasteiger charge is 2.59. The summed E-state index contributed by atoms with van der Waals surface area (Å²) < 4.78 is 1.48. The third-order valence-electron chi connectivity index (χ3n) is 10.3. The molecule has 1 aromatic carbocycles. The molecule has 7 rings (SSSR count). The second-order valence-electron chi connectivity index (χ2n) is 14.4. The molecule has 8 heteroatoms. The number of fused-ring (bicyclic) bond motifs is 1. The van der Waals surface area contributed by atoms with Crippen LogP contribution in [0.1, 0.15) is 109 Å². The molecule has 5 aliphatic rings. The van der Waals surface area contributed by atoms with E-state index in [4.69, 9.17) is 0 Å². The van der Waals surface area contributed by atoms with Crippen LogP contribution in [0.3, 0.4) is 0 Å². The summed E-state index contributed by atoms with van der Waals surface area (Å²) in [6.07, 6.45) is 15.1. The standard InChI is InChI=1S/C33H46N4O3S/c1-22-35-24-10-9-11-26(28(24)30(40)37(22)25-12-13-27(38)36-29(25)39)41-15-8-6-4-5-7-14-34-33-18-23-16-31(2,20-33)19-32(3,17-23)21-33/h9-11,23,25,34H,4-8,12-21H2,1-3H3,(H,36,38,39)/t23?,25-,31-,32+,33?/m0/s1. The first-order valence-corrected chi connectivity index (χ1v) is 16.8. The van der Waals surface area contributed by atoms with Gasteiger partial charge in [0.25, 0.3) is 5.56 Å². The van der Waals surface area contributed by atoms with Crippen LogP contribution in [0.2, 0.25) is 0 Å². The van der Waals surface area contributed by atoms with Crippen LogP contribution in [0.25, 0.3) is 10.9 Å². The highest BCUT2D eigenvalue weighted by molar-refractivity contribution is 7.99. The van der Waals surface area contributed by atoms with Crippen molar-refractivity contribution in [2.45, 2.75) is 121 Å². The monoisotopic (exact) mass is 578 g/mol. The highest BCUT2D eigenvalue weighted by Crippen LogP contribution is 2.66. The summed E-state index contributed by atoms with van der Waals surface area (Å²) in [5.74, 6) is 1.68. The van der Waals surface area contributed by atoms with Gasteiger partial charge in [-0.25, -0.2) is 4.98 Å². The van der Waals surface area contributed by atoms with Gasteiger partial charge in [0, 0.05) is 16.9 Å². The molecule has 5 atom stereocenters. The maximum atomic E-state index is 13.6. The number of imide groups is 1. The van der Waals surface area contributed by atoms with Crippen molar-refractivity contribution in [3.05, 3.63) is 34.4 Å². The Kier molecular flexibility index (Phi) is 7.86. The van der Waals surface area contributed by atoms with Crippen molar-refractivity contribution in [1.82, 2.24) is 20.2 Å². The third kappa shape index (κ3) is 5.88. The fraction of sp³-hybridized carbons (Fsp3) is 0.697. The molecule has 4 saturated carbocycles. The summed E-state index contributed by atoms with van der Waals surface area (Å²) in [7, 11) is 0. The van der Waals surface area contributed by atoms with Gasteiger partial charge in [-0.15, -0.1) is 11.8 Å². The van der Waals surface area contributed by atoms with Gasteiger partial charge in [-0.05, 0) is 106 Å². The van der Waals surface area contributed by atoms with Crippen molar-refractivity contribution in [2.75, 3.05) is 12.3 Å². The van der Waals surface area contributed by atoms with Gasteiger partial charge in [-0.3, -0.25) is 24.3 Å². The summed E-state index contributed by atoms with van der Waals surface area (Å²) >= 11 is 1.71. The van der Waals surface area contributed by atoms with Gasteiger partial charge >= 0.3 is 0 Å². The van der Waals surface area contributed by atoms with E-state index >= 15 is 0 Å². The lowest BCUT2D eigenvalue weighted by molar-refractivity contribution is -0.135. The van der Waals surface area contributed by atoms with E-state index in [2.05, 4.69) is 29.5 Å². The zero-order valence-corrected chi connectivity index (χ0v) is 25.8. The second kappa shape index (κ2) is 11.1. The minimum Gasteiger partial charge on any atom is -0.311 e. The van der Waals surface area contributed by atoms with Crippen LogP contribution < -0.4 is 16.2 Å². The smallest absolute Gasteiger partial charge is 0.263 e. The van der Waals surface area contributed by atoms with Crippen LogP contribution in [-0.2, 0) is 9.59 Å². The lowest BCUT2D eigenvalue weighted by Crippen LogP contribution is -2.64. The van der Waals surface area contributed by atoms with E-state index in [1.165, 1.54) is 68.8 Å². The average Bonchev–Trinajstić information content (AvgIpc) is 2.86. The topological polar surface area (TPSA) is 93.1 Å². The van der Waals surface area contributed by atoms with Crippen molar-refractivity contribution in [3.8, 4) is 0 Å². The Morgan fingerprint density at radius 3 is 2.46 bits per heavy atom. The van der Waals surface area contributed by atoms with Crippen LogP contribution in [0.4, 0.5) is 0 Å². The number of piperidine rings is 1. The number of nitrogens with one attached hydrogen (secondary N) is 2. The molecule has 7 nitrogen and oxygen atoms in total. The number of hydrogen-bond acceptors (Lipinski definition) is 6. The molecule has 2 N–H and O–H groups in total. The first-order chi connectivity index (χ1) is 19.6. The Morgan fingerprint density at radius 1 is 1.00 bits per heavy atom. The van der Waals surface area contributed by atoms with E-state index < -0.39 is 11.9 Å². The number of aromatic nitrogens is 2. The number of carbonyl (C=O) groups excluding carboxylic acids is 2. The molecule has 2 amide bonds. The Morgan fingerprint density at radius 2 is 1.73 bits per heavy atom. The van der Waals surface area contributed by atoms with Crippen molar-refractivity contribution in [3.63, 3.8) is 0 Å². The number of aryl methyl sites for hydroxylation is 1. The molecule has 1 saturated heterocycles. The first-order valence-electron chi connectivity index (χ1n) is 15.8. The van der Waals surface area contributed by atoms with Gasteiger partial charge in [0.05, 0.1) is 10.9 Å². The zero-order valence-electron chi connectivity index (χ0n) is 25.0. The summed E-state index contributed by atoms with van der Waals surface area (Å²) in [5.41, 5.74) is 2.00. The molecule has 1 aliphatic heterocycles.